The van der Waals surface area contributed by atoms with Crippen LogP contribution in [0.15, 0.2) is 58.1 Å². The Morgan fingerprint density at radius 1 is 1.14 bits per heavy atom. The van der Waals surface area contributed by atoms with Crippen LogP contribution in [-0.4, -0.2) is 19.0 Å². The first-order valence-electron chi connectivity index (χ1n) is 6.90. The number of hydrogen-bond donors (Lipinski definition) is 2. The second-order valence-electron chi connectivity index (χ2n) is 4.46. The van der Waals surface area contributed by atoms with Gasteiger partial charge in [-0.2, -0.15) is 0 Å². The zero-order chi connectivity index (χ0) is 14.8. The molecule has 0 unspecified atom stereocenters. The van der Waals surface area contributed by atoms with E-state index < -0.39 is 0 Å². The Labute approximate surface area is 125 Å². The van der Waals surface area contributed by atoms with Crippen LogP contribution in [0.1, 0.15) is 11.3 Å². The molecule has 2 N–H and O–H groups in total. The van der Waals surface area contributed by atoms with Crippen LogP contribution >= 0.6 is 0 Å². The fourth-order valence-corrected chi connectivity index (χ4v) is 1.82. The molecule has 1 heterocycles. The van der Waals surface area contributed by atoms with Gasteiger partial charge in [0.25, 0.3) is 0 Å². The van der Waals surface area contributed by atoms with Gasteiger partial charge >= 0.3 is 0 Å². The van der Waals surface area contributed by atoms with E-state index in [2.05, 4.69) is 21.5 Å². The van der Waals surface area contributed by atoms with Gasteiger partial charge in [-0.15, -0.1) is 6.42 Å². The quantitative estimate of drug-likeness (QED) is 0.485. The summed E-state index contributed by atoms with van der Waals surface area (Å²) in [6.45, 7) is 1.79. The van der Waals surface area contributed by atoms with Crippen molar-refractivity contribution in [2.45, 2.75) is 13.0 Å². The molecule has 0 atom stereocenters. The van der Waals surface area contributed by atoms with Gasteiger partial charge in [0, 0.05) is 13.0 Å². The van der Waals surface area contributed by atoms with E-state index in [0.29, 0.717) is 19.0 Å². The molecule has 0 aliphatic rings. The fraction of sp³-hybridized carbons (Fsp3) is 0.235. The van der Waals surface area contributed by atoms with Crippen molar-refractivity contribution in [3.05, 3.63) is 60.1 Å². The second-order valence-corrected chi connectivity index (χ2v) is 4.46. The average molecular weight is 281 g/mol. The van der Waals surface area contributed by atoms with Crippen molar-refractivity contribution in [2.24, 2.45) is 4.99 Å². The van der Waals surface area contributed by atoms with Crippen molar-refractivity contribution in [2.75, 3.05) is 13.1 Å². The van der Waals surface area contributed by atoms with Crippen molar-refractivity contribution >= 4 is 5.96 Å². The van der Waals surface area contributed by atoms with Gasteiger partial charge in [0.1, 0.15) is 5.76 Å². The predicted molar refractivity (Wildman–Crippen MR) is 84.8 cm³/mol. The molecule has 0 bridgehead atoms. The third-order valence-corrected chi connectivity index (χ3v) is 2.86. The highest BCUT2D eigenvalue weighted by molar-refractivity contribution is 5.80. The zero-order valence-electron chi connectivity index (χ0n) is 11.9. The molecule has 4 nitrogen and oxygen atoms in total. The van der Waals surface area contributed by atoms with Crippen molar-refractivity contribution in [1.82, 2.24) is 10.6 Å². The summed E-state index contributed by atoms with van der Waals surface area (Å²) in [6, 6.07) is 13.9. The van der Waals surface area contributed by atoms with E-state index in [0.717, 1.165) is 24.3 Å². The van der Waals surface area contributed by atoms with Crippen LogP contribution in [0.2, 0.25) is 0 Å². The highest BCUT2D eigenvalue weighted by Crippen LogP contribution is 2.01. The van der Waals surface area contributed by atoms with Crippen molar-refractivity contribution in [3.63, 3.8) is 0 Å². The van der Waals surface area contributed by atoms with Gasteiger partial charge in [-0.25, -0.2) is 4.99 Å². The first kappa shape index (κ1) is 14.7. The SMILES string of the molecule is C#CCNC(=NCc1ccccc1)NCCc1ccco1. The van der Waals surface area contributed by atoms with Crippen LogP contribution < -0.4 is 10.6 Å². The maximum atomic E-state index is 5.29. The molecule has 0 saturated carbocycles. The summed E-state index contributed by atoms with van der Waals surface area (Å²) >= 11 is 0. The lowest BCUT2D eigenvalue weighted by Crippen LogP contribution is -2.38. The number of rotatable bonds is 6. The van der Waals surface area contributed by atoms with Gasteiger partial charge in [-0.1, -0.05) is 36.3 Å². The minimum atomic E-state index is 0.446. The molecule has 0 saturated heterocycles. The van der Waals surface area contributed by atoms with Crippen LogP contribution in [0.3, 0.4) is 0 Å². The topological polar surface area (TPSA) is 49.6 Å². The highest BCUT2D eigenvalue weighted by Gasteiger charge is 1.99. The molecular formula is C17H19N3O. The first-order valence-corrected chi connectivity index (χ1v) is 6.90. The van der Waals surface area contributed by atoms with Crippen LogP contribution in [-0.2, 0) is 13.0 Å². The summed E-state index contributed by atoms with van der Waals surface area (Å²) < 4.78 is 5.29. The molecule has 1 aromatic carbocycles. The molecule has 0 fully saturated rings. The van der Waals surface area contributed by atoms with Crippen molar-refractivity contribution < 1.29 is 4.42 Å². The second kappa shape index (κ2) is 8.49. The van der Waals surface area contributed by atoms with Crippen molar-refractivity contribution in [1.29, 1.82) is 0 Å². The number of furan rings is 1. The Balaban J connectivity index is 1.86. The van der Waals surface area contributed by atoms with E-state index in [4.69, 9.17) is 10.8 Å². The Hall–Kier alpha value is -2.67. The van der Waals surface area contributed by atoms with Crippen molar-refractivity contribution in [3.8, 4) is 12.3 Å². The van der Waals surface area contributed by atoms with Gasteiger partial charge in [0.15, 0.2) is 5.96 Å². The van der Waals surface area contributed by atoms with Crippen LogP contribution in [0, 0.1) is 12.3 Å². The van der Waals surface area contributed by atoms with Gasteiger partial charge < -0.3 is 15.1 Å². The third-order valence-electron chi connectivity index (χ3n) is 2.86. The average Bonchev–Trinajstić information content (AvgIpc) is 3.04. The normalized spacial score (nSPS) is 10.9. The lowest BCUT2D eigenvalue weighted by molar-refractivity contribution is 0.507. The van der Waals surface area contributed by atoms with Crippen LogP contribution in [0.5, 0.6) is 0 Å². The largest absolute Gasteiger partial charge is 0.469 e. The standard InChI is InChI=1S/C17H19N3O/c1-2-11-18-17(19-12-10-16-9-6-13-21-16)20-14-15-7-4-3-5-8-15/h1,3-9,13H,10-12,14H2,(H2,18,19,20). The molecule has 1 aromatic heterocycles. The number of terminal acetylenes is 1. The monoisotopic (exact) mass is 281 g/mol. The third kappa shape index (κ3) is 5.45. The van der Waals surface area contributed by atoms with E-state index in [-0.39, 0.29) is 0 Å². The molecule has 0 amide bonds. The minimum absolute atomic E-state index is 0.446. The molecule has 2 aromatic rings. The number of nitrogens with zero attached hydrogens (tertiary/aromatic N) is 1. The number of benzene rings is 1. The Morgan fingerprint density at radius 3 is 2.71 bits per heavy atom. The summed E-state index contributed by atoms with van der Waals surface area (Å²) in [5, 5.41) is 6.34. The Kier molecular flexibility index (Phi) is 5.96. The maximum Gasteiger partial charge on any atom is 0.192 e. The summed E-state index contributed by atoms with van der Waals surface area (Å²) in [7, 11) is 0. The Bertz CT molecular complexity index is 582. The molecule has 108 valence electrons. The summed E-state index contributed by atoms with van der Waals surface area (Å²) in [5.41, 5.74) is 1.16. The molecular weight excluding hydrogens is 262 g/mol. The predicted octanol–water partition coefficient (Wildman–Crippen LogP) is 2.19. The molecule has 0 spiro atoms. The molecule has 4 heteroatoms. The lowest BCUT2D eigenvalue weighted by Gasteiger charge is -2.10. The maximum absolute atomic E-state index is 5.29. The number of nitrogens with one attached hydrogen (secondary N) is 2. The minimum Gasteiger partial charge on any atom is -0.469 e. The molecule has 0 aliphatic carbocycles. The molecule has 0 aliphatic heterocycles. The van der Waals surface area contributed by atoms with Crippen LogP contribution in [0.25, 0.3) is 0 Å². The van der Waals surface area contributed by atoms with E-state index >= 15 is 0 Å². The summed E-state index contributed by atoms with van der Waals surface area (Å²) in [4.78, 5) is 4.52. The van der Waals surface area contributed by atoms with E-state index in [1.54, 1.807) is 6.26 Å². The van der Waals surface area contributed by atoms with Gasteiger partial charge in [-0.05, 0) is 17.7 Å². The molecule has 2 rings (SSSR count). The fourth-order valence-electron chi connectivity index (χ4n) is 1.82. The van der Waals surface area contributed by atoms with Gasteiger partial charge in [0.2, 0.25) is 0 Å². The molecule has 0 radical (unpaired) electrons. The number of guanidine groups is 1. The zero-order valence-corrected chi connectivity index (χ0v) is 11.9. The number of aliphatic imine (C=N–C) groups is 1. The van der Waals surface area contributed by atoms with E-state index in [9.17, 15) is 0 Å². The smallest absolute Gasteiger partial charge is 0.192 e. The summed E-state index contributed by atoms with van der Waals surface area (Å²) in [6.07, 6.45) is 7.76. The summed E-state index contributed by atoms with van der Waals surface area (Å²) in [5.74, 6) is 4.21. The van der Waals surface area contributed by atoms with E-state index in [1.807, 2.05) is 42.5 Å². The number of hydrogen-bond acceptors (Lipinski definition) is 2. The van der Waals surface area contributed by atoms with Crippen LogP contribution in [0.4, 0.5) is 0 Å². The van der Waals surface area contributed by atoms with Gasteiger partial charge in [0.05, 0.1) is 19.4 Å². The lowest BCUT2D eigenvalue weighted by atomic mass is 10.2. The highest BCUT2D eigenvalue weighted by atomic mass is 16.3. The first-order chi connectivity index (χ1) is 10.4. The van der Waals surface area contributed by atoms with E-state index in [1.165, 1.54) is 0 Å². The van der Waals surface area contributed by atoms with Gasteiger partial charge in [-0.3, -0.25) is 0 Å². The molecule has 21 heavy (non-hydrogen) atoms. The Morgan fingerprint density at radius 2 is 2.00 bits per heavy atom.